The Morgan fingerprint density at radius 1 is 1.35 bits per heavy atom. The summed E-state index contributed by atoms with van der Waals surface area (Å²) in [5.41, 5.74) is 1.47. The standard InChI is InChI=1S/C12H7ClFNOS/c1-6-5-17-12-4-11(16)7-2-9(14)8(13)3-10(7)15(6)12/h2-5H,1H3. The molecular weight excluding hydrogens is 261 g/mol. The Morgan fingerprint density at radius 2 is 2.12 bits per heavy atom. The van der Waals surface area contributed by atoms with Crippen molar-refractivity contribution in [1.82, 2.24) is 4.40 Å². The van der Waals surface area contributed by atoms with E-state index >= 15 is 0 Å². The fraction of sp³-hybridized carbons (Fsp3) is 0.0833. The molecule has 5 heteroatoms. The molecule has 0 radical (unpaired) electrons. The van der Waals surface area contributed by atoms with Crippen molar-refractivity contribution in [3.63, 3.8) is 0 Å². The molecule has 0 fully saturated rings. The number of halogens is 2. The molecule has 3 aromatic rings. The molecule has 3 rings (SSSR count). The molecule has 0 unspecified atom stereocenters. The Bertz CT molecular complexity index is 805. The maximum Gasteiger partial charge on any atom is 0.190 e. The molecule has 1 aromatic carbocycles. The van der Waals surface area contributed by atoms with E-state index in [4.69, 9.17) is 11.6 Å². The molecule has 0 aliphatic heterocycles. The monoisotopic (exact) mass is 267 g/mol. The van der Waals surface area contributed by atoms with Crippen LogP contribution in [-0.4, -0.2) is 4.40 Å². The van der Waals surface area contributed by atoms with Crippen molar-refractivity contribution in [1.29, 1.82) is 0 Å². The normalized spacial score (nSPS) is 11.5. The Kier molecular flexibility index (Phi) is 2.24. The minimum atomic E-state index is -0.566. The van der Waals surface area contributed by atoms with Gasteiger partial charge in [-0.2, -0.15) is 0 Å². The van der Waals surface area contributed by atoms with Gasteiger partial charge in [-0.1, -0.05) is 11.6 Å². The summed E-state index contributed by atoms with van der Waals surface area (Å²) in [6, 6.07) is 4.22. The van der Waals surface area contributed by atoms with Crippen LogP contribution in [0.4, 0.5) is 4.39 Å². The number of rotatable bonds is 0. The van der Waals surface area contributed by atoms with Crippen LogP contribution in [0, 0.1) is 12.7 Å². The van der Waals surface area contributed by atoms with Crippen molar-refractivity contribution in [3.05, 3.63) is 50.3 Å². The van der Waals surface area contributed by atoms with Crippen molar-refractivity contribution in [2.75, 3.05) is 0 Å². The lowest BCUT2D eigenvalue weighted by atomic mass is 10.2. The zero-order chi connectivity index (χ0) is 12.2. The van der Waals surface area contributed by atoms with Gasteiger partial charge in [0.1, 0.15) is 10.6 Å². The van der Waals surface area contributed by atoms with Crippen LogP contribution >= 0.6 is 22.9 Å². The quantitative estimate of drug-likeness (QED) is 0.610. The molecule has 0 bridgehead atoms. The first kappa shape index (κ1) is 10.7. The van der Waals surface area contributed by atoms with Gasteiger partial charge < -0.3 is 4.40 Å². The van der Waals surface area contributed by atoms with Gasteiger partial charge in [-0.05, 0) is 19.1 Å². The number of benzene rings is 1. The molecule has 0 aliphatic rings. The van der Waals surface area contributed by atoms with E-state index in [2.05, 4.69) is 0 Å². The van der Waals surface area contributed by atoms with E-state index < -0.39 is 5.82 Å². The first-order valence-electron chi connectivity index (χ1n) is 4.96. The molecule has 2 nitrogen and oxygen atoms in total. The van der Waals surface area contributed by atoms with E-state index in [0.717, 1.165) is 10.5 Å². The van der Waals surface area contributed by atoms with Crippen LogP contribution in [0.15, 0.2) is 28.4 Å². The molecular formula is C12H7ClFNOS. The van der Waals surface area contributed by atoms with E-state index in [1.165, 1.54) is 29.5 Å². The van der Waals surface area contributed by atoms with Gasteiger partial charge in [0.15, 0.2) is 5.43 Å². The van der Waals surface area contributed by atoms with Gasteiger partial charge >= 0.3 is 0 Å². The summed E-state index contributed by atoms with van der Waals surface area (Å²) in [6.07, 6.45) is 0. The Balaban J connectivity index is 2.68. The van der Waals surface area contributed by atoms with Crippen molar-refractivity contribution < 1.29 is 4.39 Å². The second-order valence-electron chi connectivity index (χ2n) is 3.84. The molecule has 0 amide bonds. The average Bonchev–Trinajstić information content (AvgIpc) is 2.63. The second-order valence-corrected chi connectivity index (χ2v) is 5.14. The van der Waals surface area contributed by atoms with Crippen molar-refractivity contribution >= 4 is 38.7 Å². The Labute approximate surface area is 105 Å². The minimum Gasteiger partial charge on any atom is -0.304 e. The topological polar surface area (TPSA) is 21.5 Å². The van der Waals surface area contributed by atoms with Gasteiger partial charge in [0.05, 0.1) is 10.5 Å². The summed E-state index contributed by atoms with van der Waals surface area (Å²) in [5, 5.41) is 2.33. The number of aromatic nitrogens is 1. The van der Waals surface area contributed by atoms with Gasteiger partial charge in [-0.3, -0.25) is 4.79 Å². The molecule has 0 spiro atoms. The largest absolute Gasteiger partial charge is 0.304 e. The second kappa shape index (κ2) is 3.55. The summed E-state index contributed by atoms with van der Waals surface area (Å²) >= 11 is 7.25. The molecule has 2 heterocycles. The van der Waals surface area contributed by atoms with Crippen LogP contribution in [0.1, 0.15) is 5.69 Å². The van der Waals surface area contributed by atoms with Gasteiger partial charge in [0, 0.05) is 22.5 Å². The lowest BCUT2D eigenvalue weighted by molar-refractivity contribution is 0.630. The van der Waals surface area contributed by atoms with E-state index in [-0.39, 0.29) is 10.5 Å². The zero-order valence-corrected chi connectivity index (χ0v) is 10.4. The summed E-state index contributed by atoms with van der Waals surface area (Å²) in [6.45, 7) is 1.94. The number of fused-ring (bicyclic) bond motifs is 3. The van der Waals surface area contributed by atoms with E-state index in [0.29, 0.717) is 10.9 Å². The van der Waals surface area contributed by atoms with Crippen LogP contribution in [0.2, 0.25) is 5.02 Å². The fourth-order valence-corrected chi connectivity index (χ4v) is 3.02. The predicted molar refractivity (Wildman–Crippen MR) is 68.8 cm³/mol. The first-order chi connectivity index (χ1) is 8.08. The van der Waals surface area contributed by atoms with E-state index in [9.17, 15) is 9.18 Å². The minimum absolute atomic E-state index is 0.0301. The highest BCUT2D eigenvalue weighted by molar-refractivity contribution is 7.15. The molecule has 0 N–H and O–H groups in total. The molecule has 0 aliphatic carbocycles. The highest BCUT2D eigenvalue weighted by Crippen LogP contribution is 2.25. The maximum absolute atomic E-state index is 13.4. The lowest BCUT2D eigenvalue weighted by Gasteiger charge is -2.04. The third kappa shape index (κ3) is 1.48. The molecule has 2 aromatic heterocycles. The maximum atomic E-state index is 13.4. The van der Waals surface area contributed by atoms with Gasteiger partial charge in [-0.15, -0.1) is 11.3 Å². The number of thiazole rings is 1. The summed E-state index contributed by atoms with van der Waals surface area (Å²) in [5.74, 6) is -0.566. The van der Waals surface area contributed by atoms with Crippen molar-refractivity contribution in [2.45, 2.75) is 6.92 Å². The van der Waals surface area contributed by atoms with Crippen LogP contribution in [0.3, 0.4) is 0 Å². The lowest BCUT2D eigenvalue weighted by Crippen LogP contribution is -2.04. The predicted octanol–water partition coefficient (Wildman–Crippen LogP) is 3.62. The van der Waals surface area contributed by atoms with Gasteiger partial charge in [0.2, 0.25) is 0 Å². The van der Waals surface area contributed by atoms with E-state index in [1.54, 1.807) is 0 Å². The highest BCUT2D eigenvalue weighted by atomic mass is 35.5. The molecule has 86 valence electrons. The van der Waals surface area contributed by atoms with Gasteiger partial charge in [-0.25, -0.2) is 4.39 Å². The van der Waals surface area contributed by atoms with Crippen LogP contribution < -0.4 is 5.43 Å². The fourth-order valence-electron chi connectivity index (χ4n) is 1.94. The highest BCUT2D eigenvalue weighted by Gasteiger charge is 2.10. The van der Waals surface area contributed by atoms with Gasteiger partial charge in [0.25, 0.3) is 0 Å². The van der Waals surface area contributed by atoms with E-state index in [1.807, 2.05) is 16.7 Å². The van der Waals surface area contributed by atoms with Crippen LogP contribution in [-0.2, 0) is 0 Å². The summed E-state index contributed by atoms with van der Waals surface area (Å²) in [4.78, 5) is 12.7. The summed E-state index contributed by atoms with van der Waals surface area (Å²) < 4.78 is 15.3. The third-order valence-corrected chi connectivity index (χ3v) is 4.01. The zero-order valence-electron chi connectivity index (χ0n) is 8.83. The van der Waals surface area contributed by atoms with Crippen molar-refractivity contribution in [2.24, 2.45) is 0 Å². The van der Waals surface area contributed by atoms with Crippen molar-refractivity contribution in [3.8, 4) is 0 Å². The average molecular weight is 268 g/mol. The molecule has 0 saturated carbocycles. The molecule has 0 saturated heterocycles. The molecule has 0 atom stereocenters. The SMILES string of the molecule is Cc1csc2cc(=O)c3cc(F)c(Cl)cc3n12. The number of pyridine rings is 1. The summed E-state index contributed by atoms with van der Waals surface area (Å²) in [7, 11) is 0. The number of hydrogen-bond acceptors (Lipinski definition) is 2. The number of hydrogen-bond donors (Lipinski definition) is 0. The number of aryl methyl sites for hydroxylation is 1. The van der Waals surface area contributed by atoms with Crippen LogP contribution in [0.25, 0.3) is 15.7 Å². The third-order valence-electron chi connectivity index (χ3n) is 2.72. The Hall–Kier alpha value is -1.39. The number of nitrogens with zero attached hydrogens (tertiary/aromatic N) is 1. The molecule has 17 heavy (non-hydrogen) atoms. The van der Waals surface area contributed by atoms with Crippen LogP contribution in [0.5, 0.6) is 0 Å². The Morgan fingerprint density at radius 3 is 2.88 bits per heavy atom. The first-order valence-corrected chi connectivity index (χ1v) is 6.22. The smallest absolute Gasteiger partial charge is 0.190 e.